The molecule has 210 valence electrons. The van der Waals surface area contributed by atoms with Gasteiger partial charge in [-0.05, 0) is 81.5 Å². The van der Waals surface area contributed by atoms with Crippen LogP contribution in [-0.4, -0.2) is 68.5 Å². The van der Waals surface area contributed by atoms with Crippen molar-refractivity contribution in [2.45, 2.75) is 46.4 Å². The van der Waals surface area contributed by atoms with Gasteiger partial charge in [0.25, 0.3) is 0 Å². The molecule has 0 N–H and O–H groups in total. The minimum atomic E-state index is -3.69. The summed E-state index contributed by atoms with van der Waals surface area (Å²) in [6.45, 7) is 14.2. The number of anilines is 1. The fraction of sp³-hybridized carbons (Fsp3) is 0.448. The lowest BCUT2D eigenvalue weighted by Gasteiger charge is -2.36. The molecule has 1 saturated heterocycles. The maximum atomic E-state index is 13.8. The molecule has 1 aromatic heterocycles. The van der Waals surface area contributed by atoms with Crippen LogP contribution in [0.3, 0.4) is 0 Å². The highest BCUT2D eigenvalue weighted by atomic mass is 32.2. The predicted octanol–water partition coefficient (Wildman–Crippen LogP) is 3.70. The Kier molecular flexibility index (Phi) is 8.78. The molecule has 0 atom stereocenters. The van der Waals surface area contributed by atoms with E-state index < -0.39 is 10.0 Å². The number of hydrogen-bond acceptors (Lipinski definition) is 7. The first-order valence-electron chi connectivity index (χ1n) is 13.3. The summed E-state index contributed by atoms with van der Waals surface area (Å²) in [5, 5.41) is 4.41. The van der Waals surface area contributed by atoms with Gasteiger partial charge in [0.1, 0.15) is 12.3 Å². The third-order valence-corrected chi connectivity index (χ3v) is 9.88. The number of benzene rings is 2. The minimum Gasteiger partial charge on any atom is -0.484 e. The van der Waals surface area contributed by atoms with Gasteiger partial charge in [-0.1, -0.05) is 18.2 Å². The van der Waals surface area contributed by atoms with Crippen molar-refractivity contribution in [1.29, 1.82) is 0 Å². The molecule has 0 saturated carbocycles. The van der Waals surface area contributed by atoms with Crippen LogP contribution in [0.15, 0.2) is 46.2 Å². The molecule has 2 heterocycles. The van der Waals surface area contributed by atoms with Gasteiger partial charge in [-0.2, -0.15) is 14.1 Å². The highest BCUT2D eigenvalue weighted by Crippen LogP contribution is 2.33. The average molecular weight is 555 g/mol. The Bertz CT molecular complexity index is 1470. The van der Waals surface area contributed by atoms with Crippen molar-refractivity contribution >= 4 is 15.7 Å². The van der Waals surface area contributed by atoms with Crippen LogP contribution >= 0.6 is 0 Å². The lowest BCUT2D eigenvalue weighted by Crippen LogP contribution is -2.49. The Morgan fingerprint density at radius 1 is 0.846 bits per heavy atom. The lowest BCUT2D eigenvalue weighted by molar-refractivity contribution is 0.109. The second-order valence-electron chi connectivity index (χ2n) is 9.80. The lowest BCUT2D eigenvalue weighted by atomic mass is 9.95. The van der Waals surface area contributed by atoms with Crippen molar-refractivity contribution < 1.29 is 17.9 Å². The summed E-state index contributed by atoms with van der Waals surface area (Å²) < 4.78 is 41.8. The zero-order chi connectivity index (χ0) is 28.3. The molecule has 1 fully saturated rings. The van der Waals surface area contributed by atoms with Crippen molar-refractivity contribution in [3.63, 3.8) is 0 Å². The third kappa shape index (κ3) is 5.59. The molecule has 4 rings (SSSR count). The zero-order valence-corrected chi connectivity index (χ0v) is 24.5. The minimum absolute atomic E-state index is 0.182. The molecule has 0 spiro atoms. The standard InChI is InChI=1S/C29H38N4O5S/c1-7-37-17-18-38-27-26(19-30-33(29(27)34)25-11-9-8-10-12-25)31-13-15-32(16-14-31)39(35,36)28-23(5)21(3)20(2)22(4)24(28)6/h8-12,19H,7,13-18H2,1-6H3. The second kappa shape index (κ2) is 11.9. The summed E-state index contributed by atoms with van der Waals surface area (Å²) in [5.74, 6) is 0.182. The number of para-hydroxylation sites is 1. The number of rotatable bonds is 9. The fourth-order valence-electron chi connectivity index (χ4n) is 5.04. The molecule has 1 aliphatic heterocycles. The van der Waals surface area contributed by atoms with Crippen molar-refractivity contribution in [3.8, 4) is 11.4 Å². The van der Waals surface area contributed by atoms with E-state index >= 15 is 0 Å². The van der Waals surface area contributed by atoms with E-state index in [1.54, 1.807) is 22.6 Å². The molecule has 3 aromatic rings. The summed E-state index contributed by atoms with van der Waals surface area (Å²) in [4.78, 5) is 15.8. The van der Waals surface area contributed by atoms with Gasteiger partial charge in [-0.15, -0.1) is 0 Å². The van der Waals surface area contributed by atoms with Gasteiger partial charge in [-0.25, -0.2) is 8.42 Å². The molecule has 0 bridgehead atoms. The SMILES string of the molecule is CCOCCOc1c(N2CCN(S(=O)(=O)c3c(C)c(C)c(C)c(C)c3C)CC2)cnn(-c2ccccc2)c1=O. The monoisotopic (exact) mass is 554 g/mol. The van der Waals surface area contributed by atoms with Crippen LogP contribution in [0, 0.1) is 34.6 Å². The van der Waals surface area contributed by atoms with E-state index in [0.29, 0.717) is 42.6 Å². The highest BCUT2D eigenvalue weighted by molar-refractivity contribution is 7.89. The Hall–Kier alpha value is -3.21. The average Bonchev–Trinajstić information content (AvgIpc) is 2.94. The Balaban J connectivity index is 1.62. The van der Waals surface area contributed by atoms with E-state index in [2.05, 4.69) is 5.10 Å². The first-order chi connectivity index (χ1) is 18.6. The van der Waals surface area contributed by atoms with E-state index in [0.717, 1.165) is 27.8 Å². The van der Waals surface area contributed by atoms with Crippen LogP contribution in [0.4, 0.5) is 5.69 Å². The van der Waals surface area contributed by atoms with Crippen molar-refractivity contribution in [2.75, 3.05) is 50.9 Å². The Labute approximate surface area is 231 Å². The maximum Gasteiger partial charge on any atom is 0.316 e. The largest absolute Gasteiger partial charge is 0.484 e. The molecule has 0 aliphatic carbocycles. The van der Waals surface area contributed by atoms with Gasteiger partial charge >= 0.3 is 5.56 Å². The topological polar surface area (TPSA) is 94.0 Å². The fourth-order valence-corrected chi connectivity index (χ4v) is 7.02. The number of nitrogens with zero attached hydrogens (tertiary/aromatic N) is 4. The molecule has 2 aromatic carbocycles. The first kappa shape index (κ1) is 28.8. The summed E-state index contributed by atoms with van der Waals surface area (Å²) in [6, 6.07) is 9.17. The van der Waals surface area contributed by atoms with Crippen LogP contribution in [0.2, 0.25) is 0 Å². The van der Waals surface area contributed by atoms with Crippen LogP contribution in [0.25, 0.3) is 5.69 Å². The predicted molar refractivity (Wildman–Crippen MR) is 153 cm³/mol. The third-order valence-electron chi connectivity index (χ3n) is 7.70. The smallest absolute Gasteiger partial charge is 0.316 e. The van der Waals surface area contributed by atoms with Crippen LogP contribution in [0.5, 0.6) is 5.75 Å². The van der Waals surface area contributed by atoms with Gasteiger partial charge in [0.15, 0.2) is 0 Å². The molecule has 39 heavy (non-hydrogen) atoms. The molecular formula is C29H38N4O5S. The van der Waals surface area contributed by atoms with Gasteiger partial charge in [-0.3, -0.25) is 4.79 Å². The number of ether oxygens (including phenoxy) is 2. The van der Waals surface area contributed by atoms with E-state index in [1.165, 1.54) is 4.68 Å². The van der Waals surface area contributed by atoms with Gasteiger partial charge in [0.2, 0.25) is 15.8 Å². The van der Waals surface area contributed by atoms with Crippen molar-refractivity contribution in [3.05, 3.63) is 74.7 Å². The second-order valence-corrected chi connectivity index (χ2v) is 11.7. The number of hydrogen-bond donors (Lipinski definition) is 0. The van der Waals surface area contributed by atoms with Crippen molar-refractivity contribution in [2.24, 2.45) is 0 Å². The van der Waals surface area contributed by atoms with Crippen LogP contribution in [-0.2, 0) is 14.8 Å². The summed E-state index contributed by atoms with van der Waals surface area (Å²) in [6.07, 6.45) is 1.62. The van der Waals surface area contributed by atoms with E-state index in [-0.39, 0.29) is 31.0 Å². The maximum absolute atomic E-state index is 13.8. The van der Waals surface area contributed by atoms with Crippen molar-refractivity contribution in [1.82, 2.24) is 14.1 Å². The quantitative estimate of drug-likeness (QED) is 0.372. The molecular weight excluding hydrogens is 516 g/mol. The van der Waals surface area contributed by atoms with Gasteiger partial charge in [0, 0.05) is 32.8 Å². The van der Waals surface area contributed by atoms with Crippen LogP contribution < -0.4 is 15.2 Å². The summed E-state index contributed by atoms with van der Waals surface area (Å²) in [5.41, 5.74) is 5.56. The Morgan fingerprint density at radius 2 is 1.44 bits per heavy atom. The molecule has 0 amide bonds. The summed E-state index contributed by atoms with van der Waals surface area (Å²) in [7, 11) is -3.69. The zero-order valence-electron chi connectivity index (χ0n) is 23.7. The Morgan fingerprint density at radius 3 is 2.03 bits per heavy atom. The van der Waals surface area contributed by atoms with E-state index in [1.807, 2.05) is 64.6 Å². The summed E-state index contributed by atoms with van der Waals surface area (Å²) >= 11 is 0. The van der Waals surface area contributed by atoms with E-state index in [9.17, 15) is 13.2 Å². The van der Waals surface area contributed by atoms with Crippen LogP contribution in [0.1, 0.15) is 34.7 Å². The van der Waals surface area contributed by atoms with Gasteiger partial charge < -0.3 is 14.4 Å². The molecule has 9 nitrogen and oxygen atoms in total. The van der Waals surface area contributed by atoms with E-state index in [4.69, 9.17) is 9.47 Å². The molecule has 10 heteroatoms. The normalized spacial score (nSPS) is 14.6. The molecule has 0 radical (unpaired) electrons. The molecule has 0 unspecified atom stereocenters. The number of piperazine rings is 1. The first-order valence-corrected chi connectivity index (χ1v) is 14.7. The number of aromatic nitrogens is 2. The molecule has 1 aliphatic rings. The highest BCUT2D eigenvalue weighted by Gasteiger charge is 2.33. The van der Waals surface area contributed by atoms with Gasteiger partial charge in [0.05, 0.1) is 23.4 Å². The number of sulfonamides is 1.